The average molecular weight is 305 g/mol. The second kappa shape index (κ2) is 7.18. The van der Waals surface area contributed by atoms with E-state index in [-0.39, 0.29) is 0 Å². The Bertz CT molecular complexity index is 420. The third-order valence-corrected chi connectivity index (χ3v) is 6.50. The zero-order valence-corrected chi connectivity index (χ0v) is 14.1. The Morgan fingerprint density at radius 3 is 1.86 bits per heavy atom. The van der Waals surface area contributed by atoms with Gasteiger partial charge in [-0.2, -0.15) is 0 Å². The number of hydrogen-bond acceptors (Lipinski definition) is 0. The fourth-order valence-corrected chi connectivity index (χ4v) is 4.85. The van der Waals surface area contributed by atoms with Crippen molar-refractivity contribution in [1.82, 2.24) is 0 Å². The topological polar surface area (TPSA) is 0 Å². The van der Waals surface area contributed by atoms with Gasteiger partial charge in [0, 0.05) is 5.02 Å². The molecule has 21 heavy (non-hydrogen) atoms. The van der Waals surface area contributed by atoms with Crippen LogP contribution in [0.5, 0.6) is 0 Å². The predicted octanol–water partition coefficient (Wildman–Crippen LogP) is 6.83. The minimum Gasteiger partial charge on any atom is -0.0843 e. The van der Waals surface area contributed by atoms with E-state index in [1.54, 1.807) is 0 Å². The van der Waals surface area contributed by atoms with Crippen molar-refractivity contribution in [1.29, 1.82) is 0 Å². The van der Waals surface area contributed by atoms with Gasteiger partial charge in [0.25, 0.3) is 0 Å². The lowest BCUT2D eigenvalue weighted by molar-refractivity contribution is 0.158. The number of rotatable bonds is 3. The third-order valence-electron chi connectivity index (χ3n) is 6.25. The SMILES string of the molecule is CC[C@H]1CC[C@H]([C@H]2CC[C@H](c3ccc(Cl)cc3)CC2)CC1. The maximum Gasteiger partial charge on any atom is 0.0406 e. The molecule has 0 aliphatic heterocycles. The Hall–Kier alpha value is -0.490. The Morgan fingerprint density at radius 1 is 0.810 bits per heavy atom. The lowest BCUT2D eigenvalue weighted by atomic mass is 9.68. The van der Waals surface area contributed by atoms with Crippen LogP contribution in [0, 0.1) is 17.8 Å². The summed E-state index contributed by atoms with van der Waals surface area (Å²) < 4.78 is 0. The minimum absolute atomic E-state index is 0.783. The highest BCUT2D eigenvalue weighted by atomic mass is 35.5. The number of benzene rings is 1. The van der Waals surface area contributed by atoms with Crippen LogP contribution in [0.25, 0.3) is 0 Å². The van der Waals surface area contributed by atoms with Crippen molar-refractivity contribution in [3.8, 4) is 0 Å². The lowest BCUT2D eigenvalue weighted by Gasteiger charge is -2.38. The minimum atomic E-state index is 0.783. The van der Waals surface area contributed by atoms with Gasteiger partial charge in [-0.3, -0.25) is 0 Å². The summed E-state index contributed by atoms with van der Waals surface area (Å²) in [4.78, 5) is 0. The smallest absolute Gasteiger partial charge is 0.0406 e. The van der Waals surface area contributed by atoms with Gasteiger partial charge < -0.3 is 0 Å². The van der Waals surface area contributed by atoms with Crippen molar-refractivity contribution in [3.05, 3.63) is 34.9 Å². The summed E-state index contributed by atoms with van der Waals surface area (Å²) in [6.45, 7) is 2.36. The van der Waals surface area contributed by atoms with Crippen LogP contribution in [-0.2, 0) is 0 Å². The van der Waals surface area contributed by atoms with E-state index in [2.05, 4.69) is 31.2 Å². The van der Waals surface area contributed by atoms with Crippen LogP contribution in [0.4, 0.5) is 0 Å². The Balaban J connectivity index is 1.50. The zero-order chi connectivity index (χ0) is 14.7. The van der Waals surface area contributed by atoms with Crippen LogP contribution >= 0.6 is 11.6 Å². The van der Waals surface area contributed by atoms with Crippen LogP contribution < -0.4 is 0 Å². The maximum atomic E-state index is 6.00. The molecule has 0 bridgehead atoms. The van der Waals surface area contributed by atoms with Gasteiger partial charge >= 0.3 is 0 Å². The highest BCUT2D eigenvalue weighted by Crippen LogP contribution is 2.44. The molecule has 0 spiro atoms. The predicted molar refractivity (Wildman–Crippen MR) is 91.9 cm³/mol. The molecule has 0 heterocycles. The summed E-state index contributed by atoms with van der Waals surface area (Å²) in [5.74, 6) is 3.88. The number of hydrogen-bond donors (Lipinski definition) is 0. The van der Waals surface area contributed by atoms with Gasteiger partial charge in [-0.15, -0.1) is 0 Å². The highest BCUT2D eigenvalue weighted by Gasteiger charge is 2.30. The van der Waals surface area contributed by atoms with E-state index in [9.17, 15) is 0 Å². The van der Waals surface area contributed by atoms with Crippen molar-refractivity contribution in [2.24, 2.45) is 17.8 Å². The number of halogens is 1. The van der Waals surface area contributed by atoms with Crippen LogP contribution in [0.2, 0.25) is 5.02 Å². The monoisotopic (exact) mass is 304 g/mol. The van der Waals surface area contributed by atoms with Crippen LogP contribution in [0.15, 0.2) is 24.3 Å². The lowest BCUT2D eigenvalue weighted by Crippen LogP contribution is -2.25. The summed E-state index contributed by atoms with van der Waals surface area (Å²) >= 11 is 6.00. The molecule has 0 unspecified atom stereocenters. The van der Waals surface area contributed by atoms with Crippen LogP contribution in [0.1, 0.15) is 76.2 Å². The highest BCUT2D eigenvalue weighted by molar-refractivity contribution is 6.30. The average Bonchev–Trinajstić information content (AvgIpc) is 2.56. The molecule has 0 radical (unpaired) electrons. The Kier molecular flexibility index (Phi) is 5.27. The van der Waals surface area contributed by atoms with Crippen LogP contribution in [-0.4, -0.2) is 0 Å². The summed E-state index contributed by atoms with van der Waals surface area (Å²) in [6.07, 6.45) is 13.1. The first-order chi connectivity index (χ1) is 10.3. The largest absolute Gasteiger partial charge is 0.0843 e. The zero-order valence-electron chi connectivity index (χ0n) is 13.4. The molecule has 3 rings (SSSR count). The van der Waals surface area contributed by atoms with Gasteiger partial charge in [0.1, 0.15) is 0 Å². The Morgan fingerprint density at radius 2 is 1.33 bits per heavy atom. The van der Waals surface area contributed by atoms with Crippen LogP contribution in [0.3, 0.4) is 0 Å². The first-order valence-electron chi connectivity index (χ1n) is 9.01. The molecule has 2 fully saturated rings. The molecule has 2 aliphatic rings. The van der Waals surface area contributed by atoms with Crippen molar-refractivity contribution in [2.75, 3.05) is 0 Å². The van der Waals surface area contributed by atoms with Gasteiger partial charge in [-0.25, -0.2) is 0 Å². The van der Waals surface area contributed by atoms with Crippen molar-refractivity contribution in [3.63, 3.8) is 0 Å². The normalized spacial score (nSPS) is 33.8. The van der Waals surface area contributed by atoms with E-state index < -0.39 is 0 Å². The first-order valence-corrected chi connectivity index (χ1v) is 9.39. The van der Waals surface area contributed by atoms with Gasteiger partial charge in [0.15, 0.2) is 0 Å². The standard InChI is InChI=1S/C20H29Cl/c1-2-15-3-5-16(6-4-15)17-7-9-18(10-8-17)19-11-13-20(21)14-12-19/h11-18H,2-10H2,1H3/t15-,16-,17-,18-. The van der Waals surface area contributed by atoms with Gasteiger partial charge in [0.05, 0.1) is 0 Å². The van der Waals surface area contributed by atoms with E-state index >= 15 is 0 Å². The fraction of sp³-hybridized carbons (Fsp3) is 0.700. The quantitative estimate of drug-likeness (QED) is 0.574. The molecule has 0 saturated heterocycles. The van der Waals surface area contributed by atoms with E-state index in [1.807, 2.05) is 0 Å². The molecule has 2 saturated carbocycles. The molecule has 116 valence electrons. The molecular weight excluding hydrogens is 276 g/mol. The molecular formula is C20H29Cl. The summed E-state index contributed by atoms with van der Waals surface area (Å²) in [5, 5.41) is 0.861. The molecule has 0 aromatic heterocycles. The van der Waals surface area contributed by atoms with Crippen molar-refractivity contribution >= 4 is 11.6 Å². The molecule has 0 N–H and O–H groups in total. The summed E-state index contributed by atoms with van der Waals surface area (Å²) in [5.41, 5.74) is 1.51. The Labute approximate surface area is 135 Å². The van der Waals surface area contributed by atoms with Gasteiger partial charge in [-0.1, -0.05) is 49.9 Å². The molecule has 2 aliphatic carbocycles. The molecule has 0 nitrogen and oxygen atoms in total. The first kappa shape index (κ1) is 15.4. The van der Waals surface area contributed by atoms with E-state index in [0.29, 0.717) is 0 Å². The maximum absolute atomic E-state index is 6.00. The van der Waals surface area contributed by atoms with Gasteiger partial charge in [-0.05, 0) is 79.9 Å². The van der Waals surface area contributed by atoms with E-state index in [0.717, 1.165) is 28.7 Å². The van der Waals surface area contributed by atoms with Crippen molar-refractivity contribution < 1.29 is 0 Å². The molecule has 0 atom stereocenters. The van der Waals surface area contributed by atoms with Crippen molar-refractivity contribution in [2.45, 2.75) is 70.6 Å². The second-order valence-corrected chi connectivity index (χ2v) is 7.79. The summed E-state index contributed by atoms with van der Waals surface area (Å²) in [7, 11) is 0. The molecule has 0 amide bonds. The second-order valence-electron chi connectivity index (χ2n) is 7.35. The summed E-state index contributed by atoms with van der Waals surface area (Å²) in [6, 6.07) is 8.57. The molecule has 1 aromatic carbocycles. The molecule has 1 heteroatoms. The van der Waals surface area contributed by atoms with E-state index in [1.165, 1.54) is 63.4 Å². The molecule has 1 aromatic rings. The van der Waals surface area contributed by atoms with Gasteiger partial charge in [0.2, 0.25) is 0 Å². The third kappa shape index (κ3) is 3.83. The fourth-order valence-electron chi connectivity index (χ4n) is 4.73. The van der Waals surface area contributed by atoms with E-state index in [4.69, 9.17) is 11.6 Å².